The van der Waals surface area contributed by atoms with Gasteiger partial charge in [0.25, 0.3) is 10.1 Å². The number of carbonyl (C=O) groups is 1. The highest BCUT2D eigenvalue weighted by molar-refractivity contribution is 7.85. The third-order valence-corrected chi connectivity index (χ3v) is 2.84. The highest BCUT2D eigenvalue weighted by Gasteiger charge is 2.15. The molecule has 0 rings (SSSR count). The molecule has 0 fully saturated rings. The van der Waals surface area contributed by atoms with E-state index in [1.165, 1.54) is 0 Å². The quantitative estimate of drug-likeness (QED) is 0.302. The molecule has 0 heterocycles. The average Bonchev–Trinajstić information content (AvgIpc) is 2.32. The molecule has 0 saturated heterocycles. The van der Waals surface area contributed by atoms with Crippen LogP contribution in [0.25, 0.3) is 0 Å². The zero-order chi connectivity index (χ0) is 17.1. The molecule has 0 N–H and O–H groups in total. The Labute approximate surface area is 133 Å². The van der Waals surface area contributed by atoms with Crippen molar-refractivity contribution in [3.8, 4) is 0 Å². The zero-order valence-corrected chi connectivity index (χ0v) is 14.7. The molecule has 0 unspecified atom stereocenters. The van der Waals surface area contributed by atoms with Gasteiger partial charge in [-0.15, -0.1) is 0 Å². The fourth-order valence-corrected chi connectivity index (χ4v) is 1.83. The molecule has 0 aliphatic heterocycles. The fourth-order valence-electron chi connectivity index (χ4n) is 1.46. The highest BCUT2D eigenvalue weighted by atomic mass is 32.2. The number of ether oxygens (including phenoxy) is 3. The SMILES string of the molecule is CC(C)(C)OC(=O)COCCCCCOCCOS(C)(=O)=O. The number of unbranched alkanes of at least 4 members (excludes halogenated alkanes) is 2. The molecule has 8 heteroatoms. The predicted octanol–water partition coefficient (Wildman–Crippen LogP) is 1.51. The Kier molecular flexibility index (Phi) is 10.6. The Hall–Kier alpha value is -0.700. The summed E-state index contributed by atoms with van der Waals surface area (Å²) in [7, 11) is -3.38. The van der Waals surface area contributed by atoms with E-state index in [0.29, 0.717) is 13.2 Å². The van der Waals surface area contributed by atoms with Gasteiger partial charge in [-0.3, -0.25) is 4.18 Å². The first-order chi connectivity index (χ1) is 10.1. The lowest BCUT2D eigenvalue weighted by Crippen LogP contribution is -2.26. The minimum absolute atomic E-state index is 0.0312. The summed E-state index contributed by atoms with van der Waals surface area (Å²) in [6.07, 6.45) is 3.58. The molecule has 0 saturated carbocycles. The van der Waals surface area contributed by atoms with Crippen LogP contribution in [0.4, 0.5) is 0 Å². The zero-order valence-electron chi connectivity index (χ0n) is 13.9. The van der Waals surface area contributed by atoms with Gasteiger partial charge < -0.3 is 14.2 Å². The number of rotatable bonds is 12. The molecule has 0 aromatic heterocycles. The van der Waals surface area contributed by atoms with Crippen molar-refractivity contribution in [2.24, 2.45) is 0 Å². The Morgan fingerprint density at radius 3 is 2.05 bits per heavy atom. The summed E-state index contributed by atoms with van der Waals surface area (Å²) in [5.41, 5.74) is -0.487. The lowest BCUT2D eigenvalue weighted by atomic mass is 10.2. The smallest absolute Gasteiger partial charge is 0.332 e. The van der Waals surface area contributed by atoms with Crippen LogP contribution in [0.5, 0.6) is 0 Å². The second kappa shape index (κ2) is 10.9. The maximum absolute atomic E-state index is 11.3. The van der Waals surface area contributed by atoms with Gasteiger partial charge in [-0.2, -0.15) is 8.42 Å². The molecule has 0 bridgehead atoms. The average molecular weight is 340 g/mol. The topological polar surface area (TPSA) is 88.1 Å². The molecule has 132 valence electrons. The monoisotopic (exact) mass is 340 g/mol. The van der Waals surface area contributed by atoms with Gasteiger partial charge >= 0.3 is 5.97 Å². The van der Waals surface area contributed by atoms with Crippen LogP contribution < -0.4 is 0 Å². The van der Waals surface area contributed by atoms with Crippen molar-refractivity contribution >= 4 is 16.1 Å². The van der Waals surface area contributed by atoms with E-state index in [1.807, 2.05) is 20.8 Å². The van der Waals surface area contributed by atoms with Crippen LogP contribution in [0.1, 0.15) is 40.0 Å². The predicted molar refractivity (Wildman–Crippen MR) is 82.1 cm³/mol. The normalized spacial score (nSPS) is 12.4. The van der Waals surface area contributed by atoms with Gasteiger partial charge in [-0.05, 0) is 40.0 Å². The number of esters is 1. The van der Waals surface area contributed by atoms with E-state index in [2.05, 4.69) is 4.18 Å². The van der Waals surface area contributed by atoms with Crippen LogP contribution in [-0.4, -0.2) is 59.3 Å². The largest absolute Gasteiger partial charge is 0.458 e. The highest BCUT2D eigenvalue weighted by Crippen LogP contribution is 2.07. The van der Waals surface area contributed by atoms with Crippen molar-refractivity contribution in [3.05, 3.63) is 0 Å². The van der Waals surface area contributed by atoms with Crippen molar-refractivity contribution in [3.63, 3.8) is 0 Å². The molecule has 0 aromatic carbocycles. The summed E-state index contributed by atoms with van der Waals surface area (Å²) in [6.45, 7) is 6.73. The van der Waals surface area contributed by atoms with Gasteiger partial charge in [0.1, 0.15) is 12.2 Å². The summed E-state index contributed by atoms with van der Waals surface area (Å²) in [4.78, 5) is 11.3. The Morgan fingerprint density at radius 1 is 0.909 bits per heavy atom. The second-order valence-electron chi connectivity index (χ2n) is 5.84. The van der Waals surface area contributed by atoms with E-state index < -0.39 is 15.7 Å². The van der Waals surface area contributed by atoms with Crippen LogP contribution in [0.15, 0.2) is 0 Å². The first-order valence-electron chi connectivity index (χ1n) is 7.32. The molecule has 7 nitrogen and oxygen atoms in total. The second-order valence-corrected chi connectivity index (χ2v) is 7.48. The van der Waals surface area contributed by atoms with Gasteiger partial charge in [-0.1, -0.05) is 0 Å². The van der Waals surface area contributed by atoms with Crippen molar-refractivity contribution < 1.29 is 31.6 Å². The summed E-state index contributed by atoms with van der Waals surface area (Å²) in [5, 5.41) is 0. The van der Waals surface area contributed by atoms with E-state index >= 15 is 0 Å². The van der Waals surface area contributed by atoms with Gasteiger partial charge in [0.15, 0.2) is 0 Å². The summed E-state index contributed by atoms with van der Waals surface area (Å²) < 4.78 is 41.4. The summed E-state index contributed by atoms with van der Waals surface area (Å²) in [6, 6.07) is 0. The molecule has 0 spiro atoms. The molecule has 0 aliphatic carbocycles. The van der Waals surface area contributed by atoms with E-state index in [1.54, 1.807) is 0 Å². The van der Waals surface area contributed by atoms with Crippen LogP contribution in [0, 0.1) is 0 Å². The maximum Gasteiger partial charge on any atom is 0.332 e. The first kappa shape index (κ1) is 21.3. The van der Waals surface area contributed by atoms with Crippen molar-refractivity contribution in [1.82, 2.24) is 0 Å². The van der Waals surface area contributed by atoms with E-state index in [0.717, 1.165) is 25.5 Å². The number of carbonyl (C=O) groups excluding carboxylic acids is 1. The van der Waals surface area contributed by atoms with E-state index in [9.17, 15) is 13.2 Å². The molecular weight excluding hydrogens is 312 g/mol. The standard InChI is InChI=1S/C14H28O7S/c1-14(2,3)21-13(15)12-19-9-7-5-6-8-18-10-11-20-22(4,16)17/h5-12H2,1-4H3. The van der Waals surface area contributed by atoms with Gasteiger partial charge in [-0.25, -0.2) is 4.79 Å². The molecule has 0 aliphatic rings. The van der Waals surface area contributed by atoms with E-state index in [4.69, 9.17) is 14.2 Å². The fraction of sp³-hybridized carbons (Fsp3) is 0.929. The van der Waals surface area contributed by atoms with Gasteiger partial charge in [0.2, 0.25) is 0 Å². The van der Waals surface area contributed by atoms with E-state index in [-0.39, 0.29) is 25.8 Å². The third-order valence-electron chi connectivity index (χ3n) is 2.24. The van der Waals surface area contributed by atoms with Gasteiger partial charge in [0.05, 0.1) is 19.5 Å². The lowest BCUT2D eigenvalue weighted by Gasteiger charge is -2.19. The van der Waals surface area contributed by atoms with Crippen LogP contribution in [0.2, 0.25) is 0 Å². The van der Waals surface area contributed by atoms with Crippen LogP contribution >= 0.6 is 0 Å². The Balaban J connectivity index is 3.29. The Bertz CT molecular complexity index is 398. The van der Waals surface area contributed by atoms with Crippen molar-refractivity contribution in [2.75, 3.05) is 39.3 Å². The summed E-state index contributed by atoms with van der Waals surface area (Å²) >= 11 is 0. The molecule has 0 atom stereocenters. The molecule has 0 aromatic rings. The maximum atomic E-state index is 11.3. The third kappa shape index (κ3) is 17.4. The number of hydrogen-bond acceptors (Lipinski definition) is 7. The minimum Gasteiger partial charge on any atom is -0.458 e. The molecule has 0 radical (unpaired) electrons. The van der Waals surface area contributed by atoms with Crippen molar-refractivity contribution in [2.45, 2.75) is 45.6 Å². The minimum atomic E-state index is -3.38. The Morgan fingerprint density at radius 2 is 1.50 bits per heavy atom. The summed E-state index contributed by atoms with van der Waals surface area (Å²) in [5.74, 6) is -0.360. The lowest BCUT2D eigenvalue weighted by molar-refractivity contribution is -0.160. The molecule has 0 amide bonds. The molecular formula is C14H28O7S. The van der Waals surface area contributed by atoms with Crippen LogP contribution in [0.3, 0.4) is 0 Å². The first-order valence-corrected chi connectivity index (χ1v) is 9.13. The van der Waals surface area contributed by atoms with Crippen LogP contribution in [-0.2, 0) is 33.3 Å². The van der Waals surface area contributed by atoms with Gasteiger partial charge in [0, 0.05) is 13.2 Å². The number of hydrogen-bond donors (Lipinski definition) is 0. The molecule has 22 heavy (non-hydrogen) atoms. The van der Waals surface area contributed by atoms with Crippen molar-refractivity contribution in [1.29, 1.82) is 0 Å².